The number of aromatic amines is 1. The summed E-state index contributed by atoms with van der Waals surface area (Å²) in [6.45, 7) is 0. The maximum atomic E-state index is 12.7. The van der Waals surface area contributed by atoms with Crippen molar-refractivity contribution >= 4 is 16.8 Å². The third-order valence-electron chi connectivity index (χ3n) is 4.35. The maximum absolute atomic E-state index is 12.7. The van der Waals surface area contributed by atoms with Gasteiger partial charge in [-0.2, -0.15) is 5.26 Å². The molecular formula is C19H13N3O2. The van der Waals surface area contributed by atoms with Gasteiger partial charge < -0.3 is 9.72 Å². The van der Waals surface area contributed by atoms with Gasteiger partial charge in [-0.25, -0.2) is 0 Å². The van der Waals surface area contributed by atoms with Gasteiger partial charge in [0.15, 0.2) is 0 Å². The number of benzene rings is 2. The molecule has 2 heterocycles. The molecule has 2 atom stereocenters. The van der Waals surface area contributed by atoms with Crippen LogP contribution in [0, 0.1) is 22.7 Å². The normalized spacial score (nSPS) is 19.4. The fourth-order valence-corrected chi connectivity index (χ4v) is 3.26. The number of hydrogen-bond acceptors (Lipinski definition) is 4. The summed E-state index contributed by atoms with van der Waals surface area (Å²) >= 11 is 0. The van der Waals surface area contributed by atoms with Crippen molar-refractivity contribution in [3.8, 4) is 11.8 Å². The Morgan fingerprint density at radius 3 is 2.54 bits per heavy atom. The number of nitrogens with one attached hydrogen (secondary N) is 2. The Labute approximate surface area is 137 Å². The first kappa shape index (κ1) is 14.2. The predicted octanol–water partition coefficient (Wildman–Crippen LogP) is 3.17. The number of fused-ring (bicyclic) bond motifs is 3. The van der Waals surface area contributed by atoms with Crippen molar-refractivity contribution in [3.63, 3.8) is 0 Å². The van der Waals surface area contributed by atoms with Crippen LogP contribution in [0.3, 0.4) is 0 Å². The highest BCUT2D eigenvalue weighted by Gasteiger charge is 2.39. The second kappa shape index (κ2) is 5.36. The molecular weight excluding hydrogens is 302 g/mol. The summed E-state index contributed by atoms with van der Waals surface area (Å²) in [7, 11) is 0. The van der Waals surface area contributed by atoms with Crippen molar-refractivity contribution in [2.75, 3.05) is 0 Å². The van der Waals surface area contributed by atoms with Crippen LogP contribution in [-0.4, -0.2) is 10.9 Å². The van der Waals surface area contributed by atoms with E-state index in [9.17, 15) is 10.1 Å². The average Bonchev–Trinajstić information content (AvgIpc) is 2.61. The first-order valence-corrected chi connectivity index (χ1v) is 7.56. The quantitative estimate of drug-likeness (QED) is 0.722. The van der Waals surface area contributed by atoms with Gasteiger partial charge in [0, 0.05) is 11.3 Å². The lowest BCUT2D eigenvalue weighted by Gasteiger charge is -2.30. The van der Waals surface area contributed by atoms with Gasteiger partial charge in [0.05, 0.1) is 17.1 Å². The molecule has 2 unspecified atom stereocenters. The molecule has 0 bridgehead atoms. The Bertz CT molecular complexity index is 1050. The van der Waals surface area contributed by atoms with Crippen LogP contribution >= 0.6 is 0 Å². The highest BCUT2D eigenvalue weighted by atomic mass is 16.5. The molecule has 0 saturated carbocycles. The van der Waals surface area contributed by atoms with Crippen LogP contribution in [-0.2, 0) is 0 Å². The third kappa shape index (κ3) is 2.01. The van der Waals surface area contributed by atoms with E-state index in [1.165, 1.54) is 0 Å². The fraction of sp³-hybridized carbons (Fsp3) is 0.105. The molecule has 116 valence electrons. The number of nitriles is 1. The van der Waals surface area contributed by atoms with Gasteiger partial charge in [-0.1, -0.05) is 42.5 Å². The van der Waals surface area contributed by atoms with E-state index in [0.717, 1.165) is 10.9 Å². The molecule has 0 fully saturated rings. The molecule has 2 aromatic carbocycles. The molecule has 3 aromatic rings. The molecule has 1 aliphatic heterocycles. The zero-order valence-corrected chi connectivity index (χ0v) is 12.6. The van der Waals surface area contributed by atoms with Gasteiger partial charge >= 0.3 is 0 Å². The Kier molecular flexibility index (Phi) is 3.17. The highest BCUT2D eigenvalue weighted by molar-refractivity contribution is 5.93. The number of ether oxygens (including phenoxy) is 1. The largest absolute Gasteiger partial charge is 0.441 e. The lowest BCUT2D eigenvalue weighted by atomic mass is 9.79. The molecule has 0 aliphatic carbocycles. The van der Waals surface area contributed by atoms with E-state index in [-0.39, 0.29) is 11.5 Å². The molecule has 1 aromatic heterocycles. The monoisotopic (exact) mass is 315 g/mol. The molecule has 0 radical (unpaired) electrons. The molecule has 0 spiro atoms. The maximum Gasteiger partial charge on any atom is 0.256 e. The number of H-pyrrole nitrogens is 1. The van der Waals surface area contributed by atoms with Crippen LogP contribution in [0.1, 0.15) is 17.0 Å². The molecule has 24 heavy (non-hydrogen) atoms. The molecule has 5 nitrogen and oxygen atoms in total. The summed E-state index contributed by atoms with van der Waals surface area (Å²) < 4.78 is 5.62. The summed E-state index contributed by atoms with van der Waals surface area (Å²) in [6, 6.07) is 18.7. The Hall–Kier alpha value is -3.39. The standard InChI is InChI=1S/C19H13N3O2/c20-10-13-15(11-6-2-1-3-7-11)16-17(24-18(13)21)12-8-4-5-9-14(12)22-19(16)23/h1-9,13,15,21H,(H,22,23). The summed E-state index contributed by atoms with van der Waals surface area (Å²) in [5.74, 6) is -1.11. The lowest BCUT2D eigenvalue weighted by Crippen LogP contribution is -2.35. The van der Waals surface area contributed by atoms with Crippen molar-refractivity contribution in [1.82, 2.24) is 4.98 Å². The van der Waals surface area contributed by atoms with E-state index >= 15 is 0 Å². The van der Waals surface area contributed by atoms with Crippen LogP contribution in [0.25, 0.3) is 10.9 Å². The summed E-state index contributed by atoms with van der Waals surface area (Å²) in [5, 5.41) is 18.4. The summed E-state index contributed by atoms with van der Waals surface area (Å²) in [5.41, 5.74) is 1.59. The number of para-hydroxylation sites is 1. The Balaban J connectivity index is 2.08. The second-order valence-electron chi connectivity index (χ2n) is 5.70. The van der Waals surface area contributed by atoms with Crippen molar-refractivity contribution in [3.05, 3.63) is 76.1 Å². The minimum Gasteiger partial charge on any atom is -0.441 e. The smallest absolute Gasteiger partial charge is 0.256 e. The number of hydrogen-bond donors (Lipinski definition) is 2. The molecule has 0 amide bonds. The topological polar surface area (TPSA) is 89.7 Å². The van der Waals surface area contributed by atoms with Crippen molar-refractivity contribution in [2.45, 2.75) is 5.92 Å². The van der Waals surface area contributed by atoms with Crippen molar-refractivity contribution < 1.29 is 4.74 Å². The minimum atomic E-state index is -0.831. The lowest BCUT2D eigenvalue weighted by molar-refractivity contribution is 0.452. The molecule has 0 saturated heterocycles. The number of nitrogens with zero attached hydrogens (tertiary/aromatic N) is 1. The highest BCUT2D eigenvalue weighted by Crippen LogP contribution is 2.42. The fourth-order valence-electron chi connectivity index (χ4n) is 3.26. The molecule has 4 rings (SSSR count). The molecule has 2 N–H and O–H groups in total. The zero-order chi connectivity index (χ0) is 16.7. The summed E-state index contributed by atoms with van der Waals surface area (Å²) in [6.07, 6.45) is 0. The minimum absolute atomic E-state index is 0.130. The SMILES string of the molecule is N#CC1C(=N)Oc2c(c(=O)[nH]c3ccccc23)C1c1ccccc1. The van der Waals surface area contributed by atoms with Gasteiger partial charge in [-0.05, 0) is 17.7 Å². The van der Waals surface area contributed by atoms with Gasteiger partial charge in [0.2, 0.25) is 5.90 Å². The Morgan fingerprint density at radius 2 is 1.79 bits per heavy atom. The first-order valence-electron chi connectivity index (χ1n) is 7.56. The van der Waals surface area contributed by atoms with E-state index in [0.29, 0.717) is 16.8 Å². The van der Waals surface area contributed by atoms with Gasteiger partial charge in [0.25, 0.3) is 5.56 Å². The van der Waals surface area contributed by atoms with E-state index in [2.05, 4.69) is 11.1 Å². The van der Waals surface area contributed by atoms with E-state index in [1.807, 2.05) is 48.5 Å². The van der Waals surface area contributed by atoms with E-state index < -0.39 is 11.8 Å². The van der Waals surface area contributed by atoms with Crippen molar-refractivity contribution in [2.24, 2.45) is 5.92 Å². The summed E-state index contributed by atoms with van der Waals surface area (Å²) in [4.78, 5) is 15.6. The van der Waals surface area contributed by atoms with E-state index in [4.69, 9.17) is 10.1 Å². The molecule has 1 aliphatic rings. The second-order valence-corrected chi connectivity index (χ2v) is 5.70. The predicted molar refractivity (Wildman–Crippen MR) is 90.3 cm³/mol. The van der Waals surface area contributed by atoms with Crippen LogP contribution in [0.2, 0.25) is 0 Å². The number of rotatable bonds is 1. The van der Waals surface area contributed by atoms with Crippen LogP contribution in [0.4, 0.5) is 0 Å². The zero-order valence-electron chi connectivity index (χ0n) is 12.6. The first-order chi connectivity index (χ1) is 11.7. The number of aromatic nitrogens is 1. The van der Waals surface area contributed by atoms with Gasteiger partial charge in [-0.15, -0.1) is 0 Å². The Morgan fingerprint density at radius 1 is 1.08 bits per heavy atom. The molecule has 5 heteroatoms. The average molecular weight is 315 g/mol. The van der Waals surface area contributed by atoms with Gasteiger partial charge in [-0.3, -0.25) is 10.2 Å². The number of pyridine rings is 1. The van der Waals surface area contributed by atoms with Crippen molar-refractivity contribution in [1.29, 1.82) is 10.7 Å². The van der Waals surface area contributed by atoms with Crippen LogP contribution in [0.5, 0.6) is 5.75 Å². The van der Waals surface area contributed by atoms with Gasteiger partial charge in [0.1, 0.15) is 11.7 Å². The van der Waals surface area contributed by atoms with E-state index in [1.54, 1.807) is 6.07 Å². The third-order valence-corrected chi connectivity index (χ3v) is 4.35. The van der Waals surface area contributed by atoms with Crippen LogP contribution < -0.4 is 10.3 Å². The van der Waals surface area contributed by atoms with Crippen LogP contribution in [0.15, 0.2) is 59.4 Å².